The summed E-state index contributed by atoms with van der Waals surface area (Å²) in [5.41, 5.74) is 9.48. The van der Waals surface area contributed by atoms with Gasteiger partial charge < -0.3 is 0 Å². The molecule has 52 heavy (non-hydrogen) atoms. The summed E-state index contributed by atoms with van der Waals surface area (Å²) in [6, 6.07) is 62.4. The molecular weight excluding hydrogens is 631 g/mol. The van der Waals surface area contributed by atoms with Gasteiger partial charge in [-0.25, -0.2) is 9.97 Å². The van der Waals surface area contributed by atoms with Crippen LogP contribution < -0.4 is 0 Å². The highest BCUT2D eigenvalue weighted by Gasteiger charge is 2.15. The van der Waals surface area contributed by atoms with Gasteiger partial charge in [0.05, 0.1) is 11.4 Å². The van der Waals surface area contributed by atoms with E-state index in [9.17, 15) is 0 Å². The summed E-state index contributed by atoms with van der Waals surface area (Å²) in [7, 11) is 0. The van der Waals surface area contributed by atoms with Crippen LogP contribution in [0, 0.1) is 0 Å². The van der Waals surface area contributed by atoms with E-state index in [1.54, 1.807) is 0 Å². The molecule has 0 saturated heterocycles. The van der Waals surface area contributed by atoms with Gasteiger partial charge in [-0.3, -0.25) is 4.98 Å². The molecule has 0 aliphatic heterocycles. The maximum atomic E-state index is 5.12. The van der Waals surface area contributed by atoms with Gasteiger partial charge in [0.25, 0.3) is 0 Å². The number of aromatic nitrogens is 3. The fourth-order valence-electron chi connectivity index (χ4n) is 7.57. The van der Waals surface area contributed by atoms with E-state index < -0.39 is 0 Å². The van der Waals surface area contributed by atoms with E-state index >= 15 is 0 Å². The topological polar surface area (TPSA) is 38.7 Å². The third-order valence-corrected chi connectivity index (χ3v) is 10.1. The number of hydrogen-bond donors (Lipinski definition) is 0. The van der Waals surface area contributed by atoms with Crippen LogP contribution in [0.3, 0.4) is 0 Å². The van der Waals surface area contributed by atoms with Gasteiger partial charge in [0.2, 0.25) is 0 Å². The number of pyridine rings is 1. The molecule has 0 aliphatic carbocycles. The zero-order valence-electron chi connectivity index (χ0n) is 28.2. The molecule has 0 spiro atoms. The molecule has 0 fully saturated rings. The molecule has 0 aliphatic rings. The van der Waals surface area contributed by atoms with Crippen molar-refractivity contribution in [1.82, 2.24) is 15.0 Å². The number of benzene rings is 8. The Balaban J connectivity index is 1.09. The first-order valence-corrected chi connectivity index (χ1v) is 17.6. The van der Waals surface area contributed by atoms with Crippen molar-refractivity contribution in [2.75, 3.05) is 0 Å². The highest BCUT2D eigenvalue weighted by Crippen LogP contribution is 2.41. The molecule has 0 unspecified atom stereocenters. The Bertz CT molecular complexity index is 2930. The van der Waals surface area contributed by atoms with Crippen LogP contribution in [0.15, 0.2) is 188 Å². The van der Waals surface area contributed by atoms with Crippen LogP contribution in [0.1, 0.15) is 0 Å². The lowest BCUT2D eigenvalue weighted by Crippen LogP contribution is -1.96. The predicted octanol–water partition coefficient (Wildman–Crippen LogP) is 12.8. The summed E-state index contributed by atoms with van der Waals surface area (Å²) in [4.78, 5) is 14.7. The zero-order valence-corrected chi connectivity index (χ0v) is 28.2. The SMILES string of the molecule is c1ccc(-c2nc(-c3ccc(-c4cncc5ccccc45)cc3)cc(-c3ccc(-c4c5ccccc5cc5ccc6ccccc6c45)cc3)n2)cc1. The van der Waals surface area contributed by atoms with E-state index in [-0.39, 0.29) is 0 Å². The average molecular weight is 662 g/mol. The number of nitrogens with zero attached hydrogens (tertiary/aromatic N) is 3. The normalized spacial score (nSPS) is 11.5. The summed E-state index contributed by atoms with van der Waals surface area (Å²) >= 11 is 0. The molecule has 0 amide bonds. The van der Waals surface area contributed by atoms with E-state index in [4.69, 9.17) is 9.97 Å². The van der Waals surface area contributed by atoms with E-state index in [1.807, 2.05) is 30.6 Å². The van der Waals surface area contributed by atoms with Crippen LogP contribution in [-0.4, -0.2) is 15.0 Å². The van der Waals surface area contributed by atoms with Crippen molar-refractivity contribution in [2.24, 2.45) is 0 Å². The minimum absolute atomic E-state index is 0.700. The third-order valence-electron chi connectivity index (χ3n) is 10.1. The van der Waals surface area contributed by atoms with Gasteiger partial charge >= 0.3 is 0 Å². The standard InChI is InChI=1S/C49H31N3/c1-2-11-37(12-3-1)49-51-45(34-21-18-33(19-22-34)44-31-50-30-40-14-6-7-15-41(40)44)29-46(52-49)35-23-25-36(26-24-35)47-43-17-9-5-13-38(43)28-39-27-20-32-10-4-8-16-42(32)48(39)47/h1-31H. The number of fused-ring (bicyclic) bond motifs is 5. The third kappa shape index (κ3) is 5.19. The lowest BCUT2D eigenvalue weighted by molar-refractivity contribution is 1.18. The highest BCUT2D eigenvalue weighted by atomic mass is 14.9. The second kappa shape index (κ2) is 12.4. The van der Waals surface area contributed by atoms with Crippen LogP contribution in [0.5, 0.6) is 0 Å². The van der Waals surface area contributed by atoms with Gasteiger partial charge in [-0.2, -0.15) is 0 Å². The molecule has 0 radical (unpaired) electrons. The Hall–Kier alpha value is -6.97. The van der Waals surface area contributed by atoms with Crippen LogP contribution in [0.4, 0.5) is 0 Å². The summed E-state index contributed by atoms with van der Waals surface area (Å²) in [6.45, 7) is 0. The van der Waals surface area contributed by atoms with E-state index in [0.29, 0.717) is 5.82 Å². The maximum absolute atomic E-state index is 5.12. The van der Waals surface area contributed by atoms with E-state index in [1.165, 1.54) is 48.8 Å². The van der Waals surface area contributed by atoms with Crippen molar-refractivity contribution in [1.29, 1.82) is 0 Å². The average Bonchev–Trinajstić information content (AvgIpc) is 3.23. The molecule has 8 aromatic carbocycles. The molecule has 0 N–H and O–H groups in total. The van der Waals surface area contributed by atoms with E-state index in [2.05, 4.69) is 163 Å². The van der Waals surface area contributed by atoms with Gasteiger partial charge in [-0.1, -0.05) is 164 Å². The van der Waals surface area contributed by atoms with E-state index in [0.717, 1.165) is 44.6 Å². The lowest BCUT2D eigenvalue weighted by Gasteiger charge is -2.15. The molecule has 3 nitrogen and oxygen atoms in total. The maximum Gasteiger partial charge on any atom is 0.160 e. The van der Waals surface area contributed by atoms with Crippen LogP contribution in [0.25, 0.3) is 99.2 Å². The fourth-order valence-corrected chi connectivity index (χ4v) is 7.57. The summed E-state index contributed by atoms with van der Waals surface area (Å²) in [5, 5.41) is 9.83. The molecular formula is C49H31N3. The molecule has 3 heteroatoms. The Morgan fingerprint density at radius 1 is 0.327 bits per heavy atom. The van der Waals surface area contributed by atoms with Crippen LogP contribution in [-0.2, 0) is 0 Å². The molecule has 0 bridgehead atoms. The van der Waals surface area contributed by atoms with Gasteiger partial charge in [-0.15, -0.1) is 0 Å². The molecule has 0 atom stereocenters. The Morgan fingerprint density at radius 3 is 1.62 bits per heavy atom. The van der Waals surface area contributed by atoms with Crippen molar-refractivity contribution in [3.8, 4) is 56.2 Å². The minimum Gasteiger partial charge on any atom is -0.263 e. The molecule has 10 aromatic rings. The van der Waals surface area contributed by atoms with Crippen LogP contribution >= 0.6 is 0 Å². The Morgan fingerprint density at radius 2 is 0.885 bits per heavy atom. The molecule has 0 saturated carbocycles. The largest absolute Gasteiger partial charge is 0.263 e. The summed E-state index contributed by atoms with van der Waals surface area (Å²) < 4.78 is 0. The summed E-state index contributed by atoms with van der Waals surface area (Å²) in [5.74, 6) is 0.700. The first-order chi connectivity index (χ1) is 25.8. The second-order valence-corrected chi connectivity index (χ2v) is 13.2. The highest BCUT2D eigenvalue weighted by molar-refractivity contribution is 6.22. The van der Waals surface area contributed by atoms with Crippen molar-refractivity contribution in [3.05, 3.63) is 188 Å². The Kier molecular flexibility index (Phi) is 7.14. The molecule has 10 rings (SSSR count). The first-order valence-electron chi connectivity index (χ1n) is 17.6. The first kappa shape index (κ1) is 29.9. The van der Waals surface area contributed by atoms with Crippen molar-refractivity contribution in [2.45, 2.75) is 0 Å². The van der Waals surface area contributed by atoms with Crippen LogP contribution in [0.2, 0.25) is 0 Å². The molecule has 2 heterocycles. The fraction of sp³-hybridized carbons (Fsp3) is 0. The van der Waals surface area contributed by atoms with Gasteiger partial charge in [0, 0.05) is 40.0 Å². The summed E-state index contributed by atoms with van der Waals surface area (Å²) in [6.07, 6.45) is 3.86. The van der Waals surface area contributed by atoms with Gasteiger partial charge in [-0.05, 0) is 66.5 Å². The number of rotatable bonds is 5. The van der Waals surface area contributed by atoms with Crippen molar-refractivity contribution in [3.63, 3.8) is 0 Å². The quantitative estimate of drug-likeness (QED) is 0.136. The smallest absolute Gasteiger partial charge is 0.160 e. The predicted molar refractivity (Wildman–Crippen MR) is 217 cm³/mol. The number of hydrogen-bond acceptors (Lipinski definition) is 3. The lowest BCUT2D eigenvalue weighted by atomic mass is 9.89. The molecule has 242 valence electrons. The second-order valence-electron chi connectivity index (χ2n) is 13.2. The van der Waals surface area contributed by atoms with Crippen molar-refractivity contribution >= 4 is 43.1 Å². The monoisotopic (exact) mass is 661 g/mol. The van der Waals surface area contributed by atoms with Gasteiger partial charge in [0.1, 0.15) is 0 Å². The minimum atomic E-state index is 0.700. The molecule has 2 aromatic heterocycles. The Labute approximate surface area is 301 Å². The van der Waals surface area contributed by atoms with Gasteiger partial charge in [0.15, 0.2) is 5.82 Å². The van der Waals surface area contributed by atoms with Crippen molar-refractivity contribution < 1.29 is 0 Å². The zero-order chi connectivity index (χ0) is 34.4.